The average molecular weight is 302 g/mol. The summed E-state index contributed by atoms with van der Waals surface area (Å²) in [6.45, 7) is 10.7. The Morgan fingerprint density at radius 1 is 0.773 bits per heavy atom. The van der Waals surface area contributed by atoms with E-state index in [4.69, 9.17) is 6.58 Å². The molecule has 0 unspecified atom stereocenters. The lowest BCUT2D eigenvalue weighted by molar-refractivity contribution is 1.48. The Balaban J connectivity index is 2.22. The van der Waals surface area contributed by atoms with Gasteiger partial charge in [-0.25, -0.2) is 0 Å². The summed E-state index contributed by atoms with van der Waals surface area (Å²) in [6.07, 6.45) is 8.25. The van der Waals surface area contributed by atoms with Crippen molar-refractivity contribution in [2.45, 2.75) is 13.8 Å². The zero-order chi connectivity index (χ0) is 15.5. The van der Waals surface area contributed by atoms with Crippen molar-refractivity contribution in [2.24, 2.45) is 0 Å². The fourth-order valence-corrected chi connectivity index (χ4v) is 5.38. The zero-order valence-corrected chi connectivity index (χ0v) is 13.8. The molecule has 0 atom stereocenters. The van der Waals surface area contributed by atoms with Crippen LogP contribution in [0.15, 0.2) is 77.6 Å². The summed E-state index contributed by atoms with van der Waals surface area (Å²) in [4.78, 5) is 0. The van der Waals surface area contributed by atoms with Crippen molar-refractivity contribution in [3.8, 4) is 0 Å². The summed E-state index contributed by atoms with van der Waals surface area (Å²) in [5.41, 5.74) is 3.51. The molecular weight excluding hydrogens is 283 g/mol. The van der Waals surface area contributed by atoms with E-state index in [2.05, 4.69) is 74.5 Å². The average Bonchev–Trinajstić information content (AvgIpc) is 2.53. The predicted molar refractivity (Wildman–Crippen MR) is 97.9 cm³/mol. The normalized spacial score (nSPS) is 14.3. The van der Waals surface area contributed by atoms with Crippen LogP contribution in [0.5, 0.6) is 0 Å². The number of hydrogen-bond acceptors (Lipinski definition) is 0. The lowest BCUT2D eigenvalue weighted by Crippen LogP contribution is -2.18. The van der Waals surface area contributed by atoms with Crippen LogP contribution in [0.4, 0.5) is 0 Å². The molecule has 0 bridgehead atoms. The van der Waals surface area contributed by atoms with Gasteiger partial charge >= 0.3 is 0 Å². The molecular formula is C21H19P. The van der Waals surface area contributed by atoms with Crippen LogP contribution >= 0.6 is 7.92 Å². The topological polar surface area (TPSA) is 0 Å². The van der Waals surface area contributed by atoms with Gasteiger partial charge in [-0.15, -0.1) is 0 Å². The Hall–Kier alpha value is -1.91. The Bertz CT molecular complexity index is 719. The lowest BCUT2D eigenvalue weighted by Gasteiger charge is -2.27. The molecule has 0 amide bonds. The van der Waals surface area contributed by atoms with Gasteiger partial charge in [0.25, 0.3) is 0 Å². The summed E-state index contributed by atoms with van der Waals surface area (Å²) in [5.74, 6) is 0. The Kier molecular flexibility index (Phi) is 4.41. The molecule has 1 heteroatoms. The van der Waals surface area contributed by atoms with E-state index in [-0.39, 0.29) is 0 Å². The van der Waals surface area contributed by atoms with Crippen LogP contribution in [-0.4, -0.2) is 0 Å². The van der Waals surface area contributed by atoms with Gasteiger partial charge in [-0.2, -0.15) is 0 Å². The molecule has 0 aliphatic heterocycles. The van der Waals surface area contributed by atoms with Gasteiger partial charge < -0.3 is 0 Å². The Morgan fingerprint density at radius 3 is 1.82 bits per heavy atom. The third kappa shape index (κ3) is 2.85. The van der Waals surface area contributed by atoms with Gasteiger partial charge in [0.15, 0.2) is 0 Å². The second-order valence-corrected chi connectivity index (χ2v) is 7.58. The molecule has 1 aliphatic rings. The second kappa shape index (κ2) is 6.46. The van der Waals surface area contributed by atoms with E-state index in [0.717, 1.165) is 5.57 Å². The van der Waals surface area contributed by atoms with Gasteiger partial charge in [0, 0.05) is 6.42 Å². The molecule has 2 radical (unpaired) electrons. The maximum absolute atomic E-state index is 6.31. The minimum atomic E-state index is -0.633. The van der Waals surface area contributed by atoms with E-state index in [1.54, 1.807) is 0 Å². The van der Waals surface area contributed by atoms with Crippen molar-refractivity contribution in [2.75, 3.05) is 0 Å². The first-order chi connectivity index (χ1) is 10.7. The van der Waals surface area contributed by atoms with Crippen LogP contribution in [0.25, 0.3) is 0 Å². The molecule has 1 aliphatic carbocycles. The summed E-state index contributed by atoms with van der Waals surface area (Å²) >= 11 is 0. The van der Waals surface area contributed by atoms with Gasteiger partial charge in [0.1, 0.15) is 0 Å². The van der Waals surface area contributed by atoms with E-state index >= 15 is 0 Å². The highest BCUT2D eigenvalue weighted by molar-refractivity contribution is 7.77. The first kappa shape index (κ1) is 15.0. The number of rotatable bonds is 3. The highest BCUT2D eigenvalue weighted by Gasteiger charge is 2.23. The number of hydrogen-bond donors (Lipinski definition) is 0. The highest BCUT2D eigenvalue weighted by atomic mass is 31.1. The van der Waals surface area contributed by atoms with E-state index < -0.39 is 7.92 Å². The van der Waals surface area contributed by atoms with Crippen LogP contribution in [0.3, 0.4) is 0 Å². The number of benzene rings is 2. The van der Waals surface area contributed by atoms with Crippen molar-refractivity contribution >= 4 is 18.5 Å². The van der Waals surface area contributed by atoms with Crippen LogP contribution in [-0.2, 0) is 0 Å². The van der Waals surface area contributed by atoms with E-state index in [1.165, 1.54) is 27.1 Å². The standard InChI is InChI=1S/C21H19P/c1-16-10-4-7-13-19(16)22(20-14-8-5-11-17(20)2)21-15-9-6-12-18(21)3/h1,4-15H,2-3H3. The predicted octanol–water partition coefficient (Wildman–Crippen LogP) is 4.75. The van der Waals surface area contributed by atoms with Gasteiger partial charge in [0.05, 0.1) is 0 Å². The zero-order valence-electron chi connectivity index (χ0n) is 13.0. The molecule has 0 nitrogen and oxygen atoms in total. The summed E-state index contributed by atoms with van der Waals surface area (Å²) in [5, 5.41) is 4.00. The van der Waals surface area contributed by atoms with Crippen molar-refractivity contribution in [3.63, 3.8) is 0 Å². The van der Waals surface area contributed by atoms with E-state index in [0.29, 0.717) is 0 Å². The smallest absolute Gasteiger partial charge is 0.0131 e. The quantitative estimate of drug-likeness (QED) is 0.718. The highest BCUT2D eigenvalue weighted by Crippen LogP contribution is 2.49. The molecule has 0 heterocycles. The molecule has 0 N–H and O–H groups in total. The van der Waals surface area contributed by atoms with Crippen molar-refractivity contribution in [1.29, 1.82) is 0 Å². The third-order valence-electron chi connectivity index (χ3n) is 3.89. The second-order valence-electron chi connectivity index (χ2n) is 5.47. The Labute approximate surface area is 134 Å². The van der Waals surface area contributed by atoms with Crippen LogP contribution < -0.4 is 10.6 Å². The van der Waals surface area contributed by atoms with Crippen LogP contribution in [0.2, 0.25) is 0 Å². The maximum Gasteiger partial charge on any atom is 0.0131 e. The fourth-order valence-electron chi connectivity index (χ4n) is 2.71. The fraction of sp³-hybridized carbons (Fsp3) is 0.0952. The minimum absolute atomic E-state index is 0.633. The molecule has 108 valence electrons. The minimum Gasteiger partial charge on any atom is -0.0760 e. The molecule has 22 heavy (non-hydrogen) atoms. The molecule has 0 saturated heterocycles. The third-order valence-corrected chi connectivity index (χ3v) is 6.75. The summed E-state index contributed by atoms with van der Waals surface area (Å²) < 4.78 is 0. The monoisotopic (exact) mass is 302 g/mol. The van der Waals surface area contributed by atoms with E-state index in [1.807, 2.05) is 12.5 Å². The van der Waals surface area contributed by atoms with Crippen LogP contribution in [0.1, 0.15) is 11.1 Å². The summed E-state index contributed by atoms with van der Waals surface area (Å²) in [7, 11) is -0.633. The SMILES string of the molecule is [CH]=C1[CH]C=CC=C1P(c1ccccc1C)c1ccccc1C. The molecule has 3 rings (SSSR count). The molecule has 0 fully saturated rings. The number of allylic oxidation sites excluding steroid dienone is 5. The largest absolute Gasteiger partial charge is 0.0760 e. The van der Waals surface area contributed by atoms with E-state index in [9.17, 15) is 0 Å². The van der Waals surface area contributed by atoms with Gasteiger partial charge in [0.2, 0.25) is 0 Å². The molecule has 2 aromatic rings. The van der Waals surface area contributed by atoms with Crippen molar-refractivity contribution < 1.29 is 0 Å². The molecule has 0 saturated carbocycles. The molecule has 0 aromatic heterocycles. The summed E-state index contributed by atoms with van der Waals surface area (Å²) in [6, 6.07) is 17.3. The van der Waals surface area contributed by atoms with Gasteiger partial charge in [-0.3, -0.25) is 0 Å². The maximum atomic E-state index is 6.31. The Morgan fingerprint density at radius 2 is 1.32 bits per heavy atom. The molecule has 0 spiro atoms. The van der Waals surface area contributed by atoms with Crippen LogP contribution in [0, 0.1) is 26.8 Å². The molecule has 2 aromatic carbocycles. The van der Waals surface area contributed by atoms with Gasteiger partial charge in [-0.05, 0) is 54.4 Å². The van der Waals surface area contributed by atoms with Crippen molar-refractivity contribution in [3.05, 3.63) is 102 Å². The van der Waals surface area contributed by atoms with Crippen molar-refractivity contribution in [1.82, 2.24) is 0 Å². The number of aryl methyl sites for hydroxylation is 2. The van der Waals surface area contributed by atoms with Gasteiger partial charge in [-0.1, -0.05) is 73.3 Å². The first-order valence-corrected chi connectivity index (χ1v) is 8.78. The lowest BCUT2D eigenvalue weighted by atomic mass is 10.1. The first-order valence-electron chi connectivity index (χ1n) is 7.44.